The van der Waals surface area contributed by atoms with Gasteiger partial charge in [0.25, 0.3) is 0 Å². The number of fused-ring (bicyclic) bond motifs is 10. The van der Waals surface area contributed by atoms with Gasteiger partial charge in [-0.2, -0.15) is 0 Å². The number of rotatable bonds is 6. The van der Waals surface area contributed by atoms with Gasteiger partial charge in [0, 0.05) is 44.4 Å². The number of furan rings is 1. The average Bonchev–Trinajstić information content (AvgIpc) is 3.83. The SMILES string of the molecule is CC1(C)c2ccccc2-c2ccc(N(c3ccc(-c4cccc5ccccc45)cc3)c3ccc(-c4c(-c5ccccc5)oc5c6ccccc6c6ccccc6c45)cc3)cc21. The third kappa shape index (κ3) is 5.49. The Morgan fingerprint density at radius 3 is 1.67 bits per heavy atom. The van der Waals surface area contributed by atoms with Crippen LogP contribution in [0.5, 0.6) is 0 Å². The highest BCUT2D eigenvalue weighted by Gasteiger charge is 2.36. The molecule has 1 heterocycles. The lowest BCUT2D eigenvalue weighted by atomic mass is 9.82. The molecule has 12 rings (SSSR count). The summed E-state index contributed by atoms with van der Waals surface area (Å²) in [4.78, 5) is 2.41. The molecule has 0 N–H and O–H groups in total. The molecule has 0 saturated carbocycles. The first kappa shape index (κ1) is 35.3. The van der Waals surface area contributed by atoms with Gasteiger partial charge in [-0.15, -0.1) is 0 Å². The van der Waals surface area contributed by atoms with Crippen molar-refractivity contribution in [3.63, 3.8) is 0 Å². The summed E-state index contributed by atoms with van der Waals surface area (Å²) in [5.41, 5.74) is 15.2. The van der Waals surface area contributed by atoms with Crippen molar-refractivity contribution in [2.45, 2.75) is 19.3 Å². The molecule has 0 unspecified atom stereocenters. The van der Waals surface area contributed by atoms with Crippen molar-refractivity contribution in [1.82, 2.24) is 0 Å². The molecule has 0 spiro atoms. The predicted molar refractivity (Wildman–Crippen MR) is 257 cm³/mol. The minimum absolute atomic E-state index is 0.126. The molecule has 1 aromatic heterocycles. The summed E-state index contributed by atoms with van der Waals surface area (Å²) in [5, 5.41) is 8.38. The molecule has 1 aliphatic carbocycles. The third-order valence-corrected chi connectivity index (χ3v) is 13.1. The van der Waals surface area contributed by atoms with Crippen LogP contribution < -0.4 is 4.90 Å². The molecule has 2 heteroatoms. The summed E-state index contributed by atoms with van der Waals surface area (Å²) in [6.45, 7) is 4.71. The highest BCUT2D eigenvalue weighted by Crippen LogP contribution is 2.52. The second-order valence-electron chi connectivity index (χ2n) is 16.8. The summed E-state index contributed by atoms with van der Waals surface area (Å²) < 4.78 is 7.03. The Kier molecular flexibility index (Phi) is 7.92. The molecule has 0 saturated heterocycles. The number of nitrogens with zero attached hydrogens (tertiary/aromatic N) is 1. The van der Waals surface area contributed by atoms with Gasteiger partial charge in [-0.05, 0) is 102 Å². The smallest absolute Gasteiger partial charge is 0.143 e. The van der Waals surface area contributed by atoms with Crippen molar-refractivity contribution in [3.8, 4) is 44.7 Å². The van der Waals surface area contributed by atoms with Gasteiger partial charge in [-0.25, -0.2) is 0 Å². The van der Waals surface area contributed by atoms with Crippen LogP contribution in [0.1, 0.15) is 25.0 Å². The van der Waals surface area contributed by atoms with E-state index in [1.165, 1.54) is 60.3 Å². The van der Waals surface area contributed by atoms with Crippen molar-refractivity contribution < 1.29 is 4.42 Å². The van der Waals surface area contributed by atoms with Gasteiger partial charge in [-0.1, -0.05) is 190 Å². The van der Waals surface area contributed by atoms with Crippen LogP contribution in [0.15, 0.2) is 217 Å². The standard InChI is InChI=1S/C59H41NO/c1-59(2)53-26-13-12-22-49(53)50-36-35-44(37-54(50)59)60(42-31-27-39(28-32-42)46-25-14-18-38-15-6-7-19-45(38)46)43-33-29-40(30-34-43)55-56-51-23-10-8-20-47(51)48-21-9-11-24-52(48)58(56)61-57(55)41-16-4-3-5-17-41/h3-37H,1-2H3. The van der Waals surface area contributed by atoms with Crippen molar-refractivity contribution >= 4 is 60.3 Å². The fraction of sp³-hybridized carbons (Fsp3) is 0.0508. The molecule has 0 amide bonds. The van der Waals surface area contributed by atoms with Crippen LogP contribution in [0.25, 0.3) is 88.0 Å². The lowest BCUT2D eigenvalue weighted by Crippen LogP contribution is -2.16. The average molecular weight is 780 g/mol. The van der Waals surface area contributed by atoms with Gasteiger partial charge in [-0.3, -0.25) is 0 Å². The Morgan fingerprint density at radius 1 is 0.377 bits per heavy atom. The summed E-state index contributed by atoms with van der Waals surface area (Å²) in [7, 11) is 0. The van der Waals surface area contributed by atoms with Gasteiger partial charge < -0.3 is 9.32 Å². The van der Waals surface area contributed by atoms with E-state index >= 15 is 0 Å². The van der Waals surface area contributed by atoms with Crippen LogP contribution in [-0.2, 0) is 5.41 Å². The van der Waals surface area contributed by atoms with Crippen LogP contribution in [0, 0.1) is 0 Å². The highest BCUT2D eigenvalue weighted by molar-refractivity contribution is 6.28. The molecular formula is C59H41NO. The monoisotopic (exact) mass is 779 g/mol. The number of hydrogen-bond acceptors (Lipinski definition) is 2. The molecule has 288 valence electrons. The van der Waals surface area contributed by atoms with E-state index < -0.39 is 0 Å². The predicted octanol–water partition coefficient (Wildman–Crippen LogP) is 16.7. The van der Waals surface area contributed by atoms with Crippen molar-refractivity contribution in [1.29, 1.82) is 0 Å². The molecule has 0 bridgehead atoms. The van der Waals surface area contributed by atoms with Gasteiger partial charge in [0.15, 0.2) is 0 Å². The molecule has 0 fully saturated rings. The zero-order chi connectivity index (χ0) is 40.7. The Hall–Kier alpha value is -7.68. The largest absolute Gasteiger partial charge is 0.455 e. The lowest BCUT2D eigenvalue weighted by Gasteiger charge is -2.28. The van der Waals surface area contributed by atoms with E-state index in [4.69, 9.17) is 4.42 Å². The van der Waals surface area contributed by atoms with Crippen LogP contribution in [0.4, 0.5) is 17.1 Å². The third-order valence-electron chi connectivity index (χ3n) is 13.1. The first-order chi connectivity index (χ1) is 30.0. The fourth-order valence-electron chi connectivity index (χ4n) is 10.1. The summed E-state index contributed by atoms with van der Waals surface area (Å²) in [6, 6.07) is 77.2. The Bertz CT molecular complexity index is 3480. The van der Waals surface area contributed by atoms with E-state index in [2.05, 4.69) is 231 Å². The second-order valence-corrected chi connectivity index (χ2v) is 16.8. The molecule has 11 aromatic rings. The topological polar surface area (TPSA) is 16.4 Å². The minimum Gasteiger partial charge on any atom is -0.455 e. The summed E-state index contributed by atoms with van der Waals surface area (Å²) >= 11 is 0. The van der Waals surface area contributed by atoms with Crippen LogP contribution in [0.3, 0.4) is 0 Å². The zero-order valence-corrected chi connectivity index (χ0v) is 34.1. The Morgan fingerprint density at radius 2 is 0.918 bits per heavy atom. The maximum absolute atomic E-state index is 7.03. The molecule has 10 aromatic carbocycles. The first-order valence-electron chi connectivity index (χ1n) is 21.2. The number of benzene rings is 10. The zero-order valence-electron chi connectivity index (χ0n) is 34.1. The minimum atomic E-state index is -0.126. The van der Waals surface area contributed by atoms with Gasteiger partial charge >= 0.3 is 0 Å². The highest BCUT2D eigenvalue weighted by atomic mass is 16.3. The van der Waals surface area contributed by atoms with E-state index in [1.54, 1.807) is 0 Å². The van der Waals surface area contributed by atoms with Crippen LogP contribution in [-0.4, -0.2) is 0 Å². The molecule has 0 radical (unpaired) electrons. The number of hydrogen-bond donors (Lipinski definition) is 0. The van der Waals surface area contributed by atoms with Gasteiger partial charge in [0.1, 0.15) is 11.3 Å². The van der Waals surface area contributed by atoms with Gasteiger partial charge in [0.05, 0.1) is 0 Å². The maximum atomic E-state index is 7.03. The van der Waals surface area contributed by atoms with E-state index in [1.807, 2.05) is 0 Å². The van der Waals surface area contributed by atoms with E-state index in [-0.39, 0.29) is 5.41 Å². The molecule has 0 aliphatic heterocycles. The lowest BCUT2D eigenvalue weighted by molar-refractivity contribution is 0.636. The van der Waals surface area contributed by atoms with E-state index in [9.17, 15) is 0 Å². The molecule has 61 heavy (non-hydrogen) atoms. The van der Waals surface area contributed by atoms with Crippen LogP contribution >= 0.6 is 0 Å². The molecule has 1 aliphatic rings. The van der Waals surface area contributed by atoms with Crippen molar-refractivity contribution in [2.24, 2.45) is 0 Å². The molecular weight excluding hydrogens is 739 g/mol. The van der Waals surface area contributed by atoms with E-state index in [0.717, 1.165) is 55.9 Å². The second kappa shape index (κ2) is 13.7. The summed E-state index contributed by atoms with van der Waals surface area (Å²) in [5.74, 6) is 0.881. The molecule has 0 atom stereocenters. The maximum Gasteiger partial charge on any atom is 0.143 e. The first-order valence-corrected chi connectivity index (χ1v) is 21.2. The summed E-state index contributed by atoms with van der Waals surface area (Å²) in [6.07, 6.45) is 0. The Labute approximate surface area is 355 Å². The normalized spacial score (nSPS) is 12.9. The Balaban J connectivity index is 1.04. The van der Waals surface area contributed by atoms with Gasteiger partial charge in [0.2, 0.25) is 0 Å². The quantitative estimate of drug-likeness (QED) is 0.156. The van der Waals surface area contributed by atoms with E-state index in [0.29, 0.717) is 0 Å². The van der Waals surface area contributed by atoms with Crippen LogP contribution in [0.2, 0.25) is 0 Å². The van der Waals surface area contributed by atoms with Crippen molar-refractivity contribution in [3.05, 3.63) is 223 Å². The molecule has 2 nitrogen and oxygen atoms in total. The van der Waals surface area contributed by atoms with Crippen molar-refractivity contribution in [2.75, 3.05) is 4.90 Å². The fourth-order valence-corrected chi connectivity index (χ4v) is 10.1. The number of anilines is 3.